The van der Waals surface area contributed by atoms with Crippen LogP contribution in [0.15, 0.2) is 24.3 Å². The molecule has 0 saturated carbocycles. The van der Waals surface area contributed by atoms with Gasteiger partial charge in [0, 0.05) is 24.0 Å². The van der Waals surface area contributed by atoms with Crippen molar-refractivity contribution in [3.8, 4) is 18.4 Å². The normalized spacial score (nSPS) is 9.81. The van der Waals surface area contributed by atoms with Crippen LogP contribution in [0.3, 0.4) is 0 Å². The molecule has 2 N–H and O–H groups in total. The number of amides is 2. The van der Waals surface area contributed by atoms with Crippen LogP contribution in [-0.4, -0.2) is 28.7 Å². The molecule has 0 aliphatic carbocycles. The Morgan fingerprint density at radius 2 is 1.93 bits per heavy atom. The first-order chi connectivity index (χ1) is 12.8. The molecule has 0 saturated heterocycles. The van der Waals surface area contributed by atoms with Gasteiger partial charge in [0.05, 0.1) is 18.2 Å². The predicted molar refractivity (Wildman–Crippen MR) is 100 cm³/mol. The summed E-state index contributed by atoms with van der Waals surface area (Å²) in [6, 6.07) is 8.41. The van der Waals surface area contributed by atoms with Crippen molar-refractivity contribution in [1.29, 1.82) is 5.26 Å². The molecule has 136 valence electrons. The van der Waals surface area contributed by atoms with Crippen LogP contribution in [0.2, 0.25) is 0 Å². The highest BCUT2D eigenvalue weighted by Gasteiger charge is 2.24. The molecule has 2 amide bonds. The lowest BCUT2D eigenvalue weighted by Crippen LogP contribution is -2.31. The summed E-state index contributed by atoms with van der Waals surface area (Å²) in [6.45, 7) is 3.38. The average Bonchev–Trinajstić information content (AvgIpc) is 2.95. The molecule has 0 spiro atoms. The summed E-state index contributed by atoms with van der Waals surface area (Å²) in [5.41, 5.74) is 2.52. The predicted octanol–water partition coefficient (Wildman–Crippen LogP) is 1.70. The van der Waals surface area contributed by atoms with Crippen LogP contribution < -0.4 is 10.6 Å². The molecule has 1 aromatic heterocycles. The molecule has 27 heavy (non-hydrogen) atoms. The molecule has 2 aromatic rings. The summed E-state index contributed by atoms with van der Waals surface area (Å²) < 4.78 is 1.52. The largest absolute Gasteiger partial charge is 0.343 e. The van der Waals surface area contributed by atoms with Gasteiger partial charge in [0.15, 0.2) is 0 Å². The number of anilines is 1. The van der Waals surface area contributed by atoms with Gasteiger partial charge in [-0.25, -0.2) is 0 Å². The Kier molecular flexibility index (Phi) is 5.79. The third-order valence-corrected chi connectivity index (χ3v) is 4.19. The smallest absolute Gasteiger partial charge is 0.293 e. The van der Waals surface area contributed by atoms with Gasteiger partial charge in [-0.2, -0.15) is 5.26 Å². The highest BCUT2D eigenvalue weighted by atomic mass is 16.2. The van der Waals surface area contributed by atoms with Crippen LogP contribution in [-0.2, 0) is 11.8 Å². The van der Waals surface area contributed by atoms with Crippen LogP contribution in [0.4, 0.5) is 5.69 Å². The number of hydrogen-bond acceptors (Lipinski definition) is 4. The van der Waals surface area contributed by atoms with Gasteiger partial charge in [-0.1, -0.05) is 12.0 Å². The molecule has 7 nitrogen and oxygen atoms in total. The monoisotopic (exact) mass is 362 g/mol. The molecule has 0 unspecified atom stereocenters. The molecule has 0 fully saturated rings. The summed E-state index contributed by atoms with van der Waals surface area (Å²) in [6.07, 6.45) is 5.06. The Bertz CT molecular complexity index is 1020. The quantitative estimate of drug-likeness (QED) is 0.480. The van der Waals surface area contributed by atoms with Gasteiger partial charge in [0.25, 0.3) is 17.6 Å². The summed E-state index contributed by atoms with van der Waals surface area (Å²) >= 11 is 0. The minimum absolute atomic E-state index is 0.0571. The summed E-state index contributed by atoms with van der Waals surface area (Å²) in [4.78, 5) is 36.7. The van der Waals surface area contributed by atoms with E-state index in [0.717, 1.165) is 5.56 Å². The van der Waals surface area contributed by atoms with Gasteiger partial charge < -0.3 is 15.2 Å². The number of ketones is 1. The third-order valence-electron chi connectivity index (χ3n) is 4.19. The number of benzene rings is 1. The second-order valence-corrected chi connectivity index (χ2v) is 5.90. The fourth-order valence-electron chi connectivity index (χ4n) is 2.50. The SMILES string of the molecule is C#CCNC(=O)C(=O)c1cc(C(=O)Nc2ccc(C)c(C#N)c2)n(C)c1C. The number of terminal acetylenes is 1. The Hall–Kier alpha value is -3.84. The topological polar surface area (TPSA) is 104 Å². The first-order valence-corrected chi connectivity index (χ1v) is 8.04. The highest BCUT2D eigenvalue weighted by Crippen LogP contribution is 2.19. The summed E-state index contributed by atoms with van der Waals surface area (Å²) in [5, 5.41) is 14.1. The number of nitrogens with zero attached hydrogens (tertiary/aromatic N) is 2. The highest BCUT2D eigenvalue weighted by molar-refractivity contribution is 6.43. The van der Waals surface area contributed by atoms with Crippen molar-refractivity contribution in [3.63, 3.8) is 0 Å². The second kappa shape index (κ2) is 8.03. The minimum Gasteiger partial charge on any atom is -0.343 e. The van der Waals surface area contributed by atoms with Gasteiger partial charge in [0.1, 0.15) is 5.69 Å². The zero-order valence-corrected chi connectivity index (χ0v) is 15.2. The van der Waals surface area contributed by atoms with Crippen molar-refractivity contribution in [2.45, 2.75) is 13.8 Å². The van der Waals surface area contributed by atoms with Crippen LogP contribution in [0.25, 0.3) is 0 Å². The van der Waals surface area contributed by atoms with E-state index in [1.54, 1.807) is 39.1 Å². The first-order valence-electron chi connectivity index (χ1n) is 8.04. The van der Waals surface area contributed by atoms with E-state index in [-0.39, 0.29) is 17.8 Å². The molecule has 0 atom stereocenters. The number of aromatic nitrogens is 1. The van der Waals surface area contributed by atoms with E-state index in [2.05, 4.69) is 22.6 Å². The fourth-order valence-corrected chi connectivity index (χ4v) is 2.50. The van der Waals surface area contributed by atoms with E-state index in [4.69, 9.17) is 11.7 Å². The van der Waals surface area contributed by atoms with Crippen molar-refractivity contribution in [3.05, 3.63) is 52.3 Å². The molecular formula is C20H18N4O3. The molecule has 7 heteroatoms. The van der Waals surface area contributed by atoms with Crippen molar-refractivity contribution in [2.24, 2.45) is 7.05 Å². The molecule has 0 aliphatic rings. The zero-order chi connectivity index (χ0) is 20.1. The number of aryl methyl sites for hydroxylation is 1. The van der Waals surface area contributed by atoms with Crippen LogP contribution >= 0.6 is 0 Å². The number of nitrogens with one attached hydrogen (secondary N) is 2. The van der Waals surface area contributed by atoms with E-state index in [1.165, 1.54) is 10.6 Å². The van der Waals surface area contributed by atoms with E-state index in [9.17, 15) is 14.4 Å². The number of carbonyl (C=O) groups is 3. The van der Waals surface area contributed by atoms with Crippen LogP contribution in [0.1, 0.15) is 37.7 Å². The number of rotatable bonds is 5. The average molecular weight is 362 g/mol. The lowest BCUT2D eigenvalue weighted by atomic mass is 10.1. The number of nitriles is 1. The van der Waals surface area contributed by atoms with Crippen molar-refractivity contribution >= 4 is 23.3 Å². The molecule has 0 radical (unpaired) electrons. The number of hydrogen-bond donors (Lipinski definition) is 2. The Morgan fingerprint density at radius 1 is 1.22 bits per heavy atom. The summed E-state index contributed by atoms with van der Waals surface area (Å²) in [5.74, 6) is 0.165. The fraction of sp³-hybridized carbons (Fsp3) is 0.200. The maximum Gasteiger partial charge on any atom is 0.293 e. The molecule has 0 aliphatic heterocycles. The van der Waals surface area contributed by atoms with Crippen molar-refractivity contribution in [1.82, 2.24) is 9.88 Å². The summed E-state index contributed by atoms with van der Waals surface area (Å²) in [7, 11) is 1.62. The van der Waals surface area contributed by atoms with E-state index in [0.29, 0.717) is 16.9 Å². The first kappa shape index (κ1) is 19.5. The standard InChI is InChI=1S/C20H18N4O3/c1-5-8-22-20(27)18(25)16-10-17(24(4)13(16)3)19(26)23-15-7-6-12(2)14(9-15)11-21/h1,6-7,9-10H,8H2,2-4H3,(H,22,27)(H,23,26). The molecule has 2 rings (SSSR count). The number of carbonyl (C=O) groups excluding carboxylic acids is 3. The molecule has 1 aromatic carbocycles. The van der Waals surface area contributed by atoms with Crippen molar-refractivity contribution < 1.29 is 14.4 Å². The lowest BCUT2D eigenvalue weighted by Gasteiger charge is -2.08. The maximum absolute atomic E-state index is 12.6. The van der Waals surface area contributed by atoms with Gasteiger partial charge >= 0.3 is 0 Å². The lowest BCUT2D eigenvalue weighted by molar-refractivity contribution is -0.116. The van der Waals surface area contributed by atoms with Crippen LogP contribution in [0, 0.1) is 37.5 Å². The van der Waals surface area contributed by atoms with Gasteiger partial charge in [-0.15, -0.1) is 6.42 Å². The van der Waals surface area contributed by atoms with E-state index < -0.39 is 17.6 Å². The number of Topliss-reactive ketones (excluding diaryl/α,β-unsaturated/α-hetero) is 1. The van der Waals surface area contributed by atoms with Gasteiger partial charge in [-0.3, -0.25) is 14.4 Å². The molecular weight excluding hydrogens is 344 g/mol. The van der Waals surface area contributed by atoms with E-state index in [1.807, 2.05) is 0 Å². The minimum atomic E-state index is -0.828. The Balaban J connectivity index is 2.28. The van der Waals surface area contributed by atoms with Gasteiger partial charge in [0.2, 0.25) is 0 Å². The van der Waals surface area contributed by atoms with Crippen LogP contribution in [0.5, 0.6) is 0 Å². The second-order valence-electron chi connectivity index (χ2n) is 5.90. The van der Waals surface area contributed by atoms with Gasteiger partial charge in [-0.05, 0) is 37.6 Å². The zero-order valence-electron chi connectivity index (χ0n) is 15.2. The van der Waals surface area contributed by atoms with Crippen molar-refractivity contribution in [2.75, 3.05) is 11.9 Å². The molecule has 0 bridgehead atoms. The Labute approximate surface area is 157 Å². The third kappa shape index (κ3) is 4.05. The maximum atomic E-state index is 12.6. The van der Waals surface area contributed by atoms with E-state index >= 15 is 0 Å². The molecule has 1 heterocycles. The Morgan fingerprint density at radius 3 is 2.56 bits per heavy atom.